The summed E-state index contributed by atoms with van der Waals surface area (Å²) in [6.07, 6.45) is -2.71. The Morgan fingerprint density at radius 3 is 2.12 bits per heavy atom. The lowest BCUT2D eigenvalue weighted by atomic mass is 9.95. The monoisotopic (exact) mass is 466 g/mol. The summed E-state index contributed by atoms with van der Waals surface area (Å²) in [5.74, 6) is 0.537. The molecule has 0 N–H and O–H groups in total. The van der Waals surface area contributed by atoms with Crippen molar-refractivity contribution in [3.8, 4) is 0 Å². The van der Waals surface area contributed by atoms with Crippen molar-refractivity contribution < 1.29 is 13.2 Å². The standard InChI is InChI=1S/C23H33F3N6O/c1-16-14-17(2)32(21(33)27-16)9-7-6-8-30-10-12-31(13-11-30)19-15-18(23(24,25)26)28-20(29-19)22(3,4)5/h14-15H,6-13H2,1-5H3. The van der Waals surface area contributed by atoms with E-state index in [1.54, 1.807) is 4.57 Å². The van der Waals surface area contributed by atoms with Gasteiger partial charge in [0.05, 0.1) is 0 Å². The molecule has 1 fully saturated rings. The molecule has 10 heteroatoms. The Balaban J connectivity index is 1.55. The van der Waals surface area contributed by atoms with Gasteiger partial charge in [0.1, 0.15) is 17.3 Å². The molecule has 0 bridgehead atoms. The van der Waals surface area contributed by atoms with Crippen molar-refractivity contribution >= 4 is 5.82 Å². The maximum atomic E-state index is 13.4. The molecule has 0 spiro atoms. The predicted octanol–water partition coefficient (Wildman–Crippen LogP) is 3.57. The minimum atomic E-state index is -4.51. The first-order valence-electron chi connectivity index (χ1n) is 11.3. The van der Waals surface area contributed by atoms with Gasteiger partial charge in [-0.25, -0.2) is 14.8 Å². The number of hydrogen-bond acceptors (Lipinski definition) is 6. The van der Waals surface area contributed by atoms with Crippen molar-refractivity contribution in [1.82, 2.24) is 24.4 Å². The summed E-state index contributed by atoms with van der Waals surface area (Å²) in [5, 5.41) is 0. The normalized spacial score (nSPS) is 15.8. The van der Waals surface area contributed by atoms with E-state index in [1.807, 2.05) is 45.6 Å². The molecule has 0 atom stereocenters. The molecule has 1 saturated heterocycles. The Bertz CT molecular complexity index is 988. The molecule has 1 aliphatic heterocycles. The fourth-order valence-corrected chi connectivity index (χ4v) is 3.93. The topological polar surface area (TPSA) is 67.2 Å². The van der Waals surface area contributed by atoms with Crippen LogP contribution in [0.1, 0.15) is 56.5 Å². The van der Waals surface area contributed by atoms with Crippen LogP contribution in [0.15, 0.2) is 16.9 Å². The molecule has 1 aliphatic rings. The molecule has 0 saturated carbocycles. The Morgan fingerprint density at radius 2 is 1.55 bits per heavy atom. The molecule has 0 amide bonds. The number of nitrogens with zero attached hydrogens (tertiary/aromatic N) is 6. The van der Waals surface area contributed by atoms with Crippen LogP contribution >= 0.6 is 0 Å². The summed E-state index contributed by atoms with van der Waals surface area (Å²) in [5.41, 5.74) is -0.0357. The summed E-state index contributed by atoms with van der Waals surface area (Å²) < 4.78 is 41.9. The number of anilines is 1. The molecule has 3 heterocycles. The Morgan fingerprint density at radius 1 is 0.909 bits per heavy atom. The van der Waals surface area contributed by atoms with E-state index in [4.69, 9.17) is 0 Å². The van der Waals surface area contributed by atoms with Crippen molar-refractivity contribution in [3.05, 3.63) is 45.5 Å². The lowest BCUT2D eigenvalue weighted by molar-refractivity contribution is -0.141. The van der Waals surface area contributed by atoms with E-state index < -0.39 is 17.3 Å². The molecule has 182 valence electrons. The summed E-state index contributed by atoms with van der Waals surface area (Å²) in [6, 6.07) is 2.96. The predicted molar refractivity (Wildman–Crippen MR) is 122 cm³/mol. The molecule has 3 rings (SSSR count). The zero-order chi connectivity index (χ0) is 24.4. The van der Waals surface area contributed by atoms with Crippen molar-refractivity contribution in [2.75, 3.05) is 37.6 Å². The third kappa shape index (κ3) is 6.52. The average Bonchev–Trinajstić information content (AvgIpc) is 2.71. The zero-order valence-corrected chi connectivity index (χ0v) is 20.0. The van der Waals surface area contributed by atoms with Gasteiger partial charge in [-0.15, -0.1) is 0 Å². The van der Waals surface area contributed by atoms with E-state index in [0.717, 1.165) is 49.9 Å². The number of alkyl halides is 3. The molecular weight excluding hydrogens is 433 g/mol. The largest absolute Gasteiger partial charge is 0.433 e. The average molecular weight is 467 g/mol. The minimum Gasteiger partial charge on any atom is -0.354 e. The van der Waals surface area contributed by atoms with Crippen molar-refractivity contribution in [2.45, 2.75) is 65.6 Å². The van der Waals surface area contributed by atoms with Gasteiger partial charge in [-0.2, -0.15) is 18.2 Å². The van der Waals surface area contributed by atoms with Gasteiger partial charge in [0.15, 0.2) is 0 Å². The molecular formula is C23H33F3N6O. The summed E-state index contributed by atoms with van der Waals surface area (Å²) >= 11 is 0. The van der Waals surface area contributed by atoms with E-state index in [1.165, 1.54) is 0 Å². The molecule has 7 nitrogen and oxygen atoms in total. The summed E-state index contributed by atoms with van der Waals surface area (Å²) in [7, 11) is 0. The maximum absolute atomic E-state index is 13.4. The summed E-state index contributed by atoms with van der Waals surface area (Å²) in [4.78, 5) is 28.5. The maximum Gasteiger partial charge on any atom is 0.433 e. The van der Waals surface area contributed by atoms with E-state index in [0.29, 0.717) is 25.5 Å². The number of unbranched alkanes of at least 4 members (excludes halogenated alkanes) is 1. The second-order valence-corrected chi connectivity index (χ2v) is 9.69. The van der Waals surface area contributed by atoms with Crippen LogP contribution in [0.5, 0.6) is 0 Å². The van der Waals surface area contributed by atoms with Gasteiger partial charge in [-0.1, -0.05) is 20.8 Å². The second-order valence-electron chi connectivity index (χ2n) is 9.69. The smallest absolute Gasteiger partial charge is 0.354 e. The number of rotatable bonds is 6. The van der Waals surface area contributed by atoms with E-state index in [9.17, 15) is 18.0 Å². The quantitative estimate of drug-likeness (QED) is 0.607. The third-order valence-corrected chi connectivity index (χ3v) is 5.82. The van der Waals surface area contributed by atoms with Gasteiger partial charge in [0, 0.05) is 55.6 Å². The fourth-order valence-electron chi connectivity index (χ4n) is 3.93. The summed E-state index contributed by atoms with van der Waals surface area (Å²) in [6.45, 7) is 13.4. The van der Waals surface area contributed by atoms with Gasteiger partial charge in [-0.05, 0) is 39.3 Å². The van der Waals surface area contributed by atoms with Crippen LogP contribution in [-0.4, -0.2) is 57.1 Å². The first-order chi connectivity index (χ1) is 15.3. The highest BCUT2D eigenvalue weighted by Gasteiger charge is 2.35. The van der Waals surface area contributed by atoms with Crippen LogP contribution in [0.4, 0.5) is 19.0 Å². The van der Waals surface area contributed by atoms with Crippen molar-refractivity contribution in [1.29, 1.82) is 0 Å². The third-order valence-electron chi connectivity index (χ3n) is 5.82. The molecule has 0 radical (unpaired) electrons. The van der Waals surface area contributed by atoms with Crippen LogP contribution in [0, 0.1) is 13.8 Å². The van der Waals surface area contributed by atoms with Crippen LogP contribution in [0.2, 0.25) is 0 Å². The molecule has 0 unspecified atom stereocenters. The SMILES string of the molecule is Cc1cc(C)n(CCCCN2CCN(c3cc(C(F)(F)F)nc(C(C)(C)C)n3)CC2)c(=O)n1. The Hall–Kier alpha value is -2.49. The molecule has 33 heavy (non-hydrogen) atoms. The highest BCUT2D eigenvalue weighted by molar-refractivity contribution is 5.42. The van der Waals surface area contributed by atoms with E-state index in [2.05, 4.69) is 19.9 Å². The van der Waals surface area contributed by atoms with Gasteiger partial charge < -0.3 is 4.90 Å². The highest BCUT2D eigenvalue weighted by atomic mass is 19.4. The van der Waals surface area contributed by atoms with Crippen molar-refractivity contribution in [3.63, 3.8) is 0 Å². The van der Waals surface area contributed by atoms with Gasteiger partial charge in [0.25, 0.3) is 0 Å². The number of halogens is 3. The number of hydrogen-bond donors (Lipinski definition) is 0. The highest BCUT2D eigenvalue weighted by Crippen LogP contribution is 2.32. The van der Waals surface area contributed by atoms with Crippen LogP contribution in [0.3, 0.4) is 0 Å². The molecule has 0 aromatic carbocycles. The van der Waals surface area contributed by atoms with Crippen molar-refractivity contribution in [2.24, 2.45) is 0 Å². The van der Waals surface area contributed by atoms with E-state index >= 15 is 0 Å². The first kappa shape index (κ1) is 25.1. The fraction of sp³-hybridized carbons (Fsp3) is 0.652. The number of piperazine rings is 1. The molecule has 2 aromatic rings. The zero-order valence-electron chi connectivity index (χ0n) is 20.0. The molecule has 2 aromatic heterocycles. The minimum absolute atomic E-state index is 0.200. The number of aromatic nitrogens is 4. The van der Waals surface area contributed by atoms with Gasteiger partial charge in [0.2, 0.25) is 0 Å². The lowest BCUT2D eigenvalue weighted by Crippen LogP contribution is -2.47. The van der Waals surface area contributed by atoms with E-state index in [-0.39, 0.29) is 11.5 Å². The van der Waals surface area contributed by atoms with Gasteiger partial charge >= 0.3 is 11.9 Å². The first-order valence-corrected chi connectivity index (χ1v) is 11.3. The lowest BCUT2D eigenvalue weighted by Gasteiger charge is -2.36. The van der Waals surface area contributed by atoms with Crippen LogP contribution in [0.25, 0.3) is 0 Å². The Labute approximate surface area is 192 Å². The van der Waals surface area contributed by atoms with Gasteiger partial charge in [-0.3, -0.25) is 9.47 Å². The second kappa shape index (κ2) is 9.79. The Kier molecular flexibility index (Phi) is 7.45. The van der Waals surface area contributed by atoms with Crippen LogP contribution < -0.4 is 10.6 Å². The molecule has 0 aliphatic carbocycles. The number of aryl methyl sites for hydroxylation is 2. The van der Waals surface area contributed by atoms with Crippen LogP contribution in [-0.2, 0) is 18.1 Å².